The maximum absolute atomic E-state index is 11.5. The zero-order valence-corrected chi connectivity index (χ0v) is 11.3. The van der Waals surface area contributed by atoms with Crippen LogP contribution in [0.4, 0.5) is 0 Å². The van der Waals surface area contributed by atoms with Gasteiger partial charge in [-0.05, 0) is 18.6 Å². The molecule has 102 valence electrons. The van der Waals surface area contributed by atoms with E-state index in [-0.39, 0.29) is 5.97 Å². The minimum Gasteiger partial charge on any atom is -0.464 e. The van der Waals surface area contributed by atoms with Crippen LogP contribution in [0.1, 0.15) is 32.6 Å². The summed E-state index contributed by atoms with van der Waals surface area (Å²) in [7, 11) is 0. The largest absolute Gasteiger partial charge is 0.464 e. The minimum absolute atomic E-state index is 0.0992. The predicted octanol–water partition coefficient (Wildman–Crippen LogP) is 3.16. The number of para-hydroxylation sites is 2. The van der Waals surface area contributed by atoms with Crippen LogP contribution in [0.5, 0.6) is 0 Å². The third-order valence-electron chi connectivity index (χ3n) is 3.11. The summed E-state index contributed by atoms with van der Waals surface area (Å²) in [6.45, 7) is 3.18. The Morgan fingerprint density at radius 1 is 1.32 bits per heavy atom. The third-order valence-corrected chi connectivity index (χ3v) is 3.11. The molecule has 0 aliphatic carbocycles. The van der Waals surface area contributed by atoms with Crippen molar-refractivity contribution in [3.63, 3.8) is 0 Å². The highest BCUT2D eigenvalue weighted by Gasteiger charge is 2.04. The van der Waals surface area contributed by atoms with Crippen LogP contribution < -0.4 is 0 Å². The van der Waals surface area contributed by atoms with E-state index in [1.54, 1.807) is 6.33 Å². The molecule has 0 spiro atoms. The molecular formula is C15H20N2O2. The van der Waals surface area contributed by atoms with Crippen molar-refractivity contribution in [3.05, 3.63) is 30.6 Å². The number of carbonyl (C=O) groups excluding carboxylic acids is 1. The van der Waals surface area contributed by atoms with Crippen LogP contribution in [-0.2, 0) is 16.1 Å². The van der Waals surface area contributed by atoms with Crippen molar-refractivity contribution in [3.8, 4) is 0 Å². The molecule has 1 aromatic heterocycles. The molecule has 0 aliphatic rings. The van der Waals surface area contributed by atoms with E-state index < -0.39 is 0 Å². The average Bonchev–Trinajstić information content (AvgIpc) is 2.83. The van der Waals surface area contributed by atoms with Gasteiger partial charge in [0.1, 0.15) is 6.61 Å². The van der Waals surface area contributed by atoms with E-state index >= 15 is 0 Å². The molecule has 0 N–H and O–H groups in total. The monoisotopic (exact) mass is 260 g/mol. The lowest BCUT2D eigenvalue weighted by Crippen LogP contribution is -2.10. The molecule has 1 heterocycles. The highest BCUT2D eigenvalue weighted by atomic mass is 16.5. The number of carbonyl (C=O) groups is 1. The molecule has 2 rings (SSSR count). The van der Waals surface area contributed by atoms with Gasteiger partial charge in [-0.25, -0.2) is 4.98 Å². The van der Waals surface area contributed by atoms with Crippen LogP contribution in [-0.4, -0.2) is 22.1 Å². The second-order valence-electron chi connectivity index (χ2n) is 4.60. The Labute approximate surface area is 113 Å². The molecular weight excluding hydrogens is 240 g/mol. The van der Waals surface area contributed by atoms with Gasteiger partial charge >= 0.3 is 5.97 Å². The Bertz CT molecular complexity index is 534. The fraction of sp³-hybridized carbons (Fsp3) is 0.467. The van der Waals surface area contributed by atoms with Gasteiger partial charge in [0.15, 0.2) is 0 Å². The quantitative estimate of drug-likeness (QED) is 0.567. The van der Waals surface area contributed by atoms with Crippen molar-refractivity contribution in [2.75, 3.05) is 6.61 Å². The van der Waals surface area contributed by atoms with Crippen molar-refractivity contribution in [1.29, 1.82) is 0 Å². The number of esters is 1. The first-order valence-electron chi connectivity index (χ1n) is 6.86. The SMILES string of the molecule is CCCCCC(=O)OCCn1cnc2ccccc21. The molecule has 0 aliphatic heterocycles. The Morgan fingerprint density at radius 3 is 3.00 bits per heavy atom. The van der Waals surface area contributed by atoms with E-state index in [0.717, 1.165) is 30.3 Å². The summed E-state index contributed by atoms with van der Waals surface area (Å²) >= 11 is 0. The third kappa shape index (κ3) is 3.81. The number of ether oxygens (including phenoxy) is 1. The van der Waals surface area contributed by atoms with Crippen LogP contribution in [0.25, 0.3) is 11.0 Å². The van der Waals surface area contributed by atoms with Gasteiger partial charge in [0, 0.05) is 6.42 Å². The van der Waals surface area contributed by atoms with Gasteiger partial charge in [-0.2, -0.15) is 0 Å². The second kappa shape index (κ2) is 6.92. The van der Waals surface area contributed by atoms with E-state index in [4.69, 9.17) is 4.74 Å². The molecule has 0 bridgehead atoms. The predicted molar refractivity (Wildman–Crippen MR) is 74.8 cm³/mol. The Hall–Kier alpha value is -1.84. The van der Waals surface area contributed by atoms with Gasteiger partial charge in [0.2, 0.25) is 0 Å². The maximum Gasteiger partial charge on any atom is 0.305 e. The fourth-order valence-electron chi connectivity index (χ4n) is 2.04. The van der Waals surface area contributed by atoms with E-state index in [9.17, 15) is 4.79 Å². The first kappa shape index (κ1) is 13.6. The number of aromatic nitrogens is 2. The van der Waals surface area contributed by atoms with E-state index in [2.05, 4.69) is 11.9 Å². The summed E-state index contributed by atoms with van der Waals surface area (Å²) in [5, 5.41) is 0. The Kier molecular flexibility index (Phi) is 4.95. The fourth-order valence-corrected chi connectivity index (χ4v) is 2.04. The number of imidazole rings is 1. The molecule has 0 atom stereocenters. The van der Waals surface area contributed by atoms with Crippen LogP contribution in [0.15, 0.2) is 30.6 Å². The van der Waals surface area contributed by atoms with E-state index in [1.165, 1.54) is 0 Å². The first-order chi connectivity index (χ1) is 9.31. The summed E-state index contributed by atoms with van der Waals surface area (Å²) < 4.78 is 7.23. The number of fused-ring (bicyclic) bond motifs is 1. The second-order valence-corrected chi connectivity index (χ2v) is 4.60. The van der Waals surface area contributed by atoms with Crippen LogP contribution in [0, 0.1) is 0 Å². The molecule has 2 aromatic rings. The van der Waals surface area contributed by atoms with Crippen molar-refractivity contribution in [2.45, 2.75) is 39.2 Å². The summed E-state index contributed by atoms with van der Waals surface area (Å²) in [5.41, 5.74) is 2.04. The van der Waals surface area contributed by atoms with Gasteiger partial charge in [-0.3, -0.25) is 4.79 Å². The lowest BCUT2D eigenvalue weighted by Gasteiger charge is -2.06. The summed E-state index contributed by atoms with van der Waals surface area (Å²) in [5.74, 6) is -0.0992. The van der Waals surface area contributed by atoms with E-state index in [0.29, 0.717) is 19.6 Å². The van der Waals surface area contributed by atoms with Gasteiger partial charge in [-0.1, -0.05) is 31.9 Å². The molecule has 0 saturated heterocycles. The highest BCUT2D eigenvalue weighted by Crippen LogP contribution is 2.11. The number of rotatable bonds is 7. The zero-order valence-electron chi connectivity index (χ0n) is 11.3. The smallest absolute Gasteiger partial charge is 0.305 e. The molecule has 19 heavy (non-hydrogen) atoms. The molecule has 4 heteroatoms. The zero-order chi connectivity index (χ0) is 13.5. The topological polar surface area (TPSA) is 44.1 Å². The van der Waals surface area contributed by atoms with Crippen molar-refractivity contribution >= 4 is 17.0 Å². The minimum atomic E-state index is -0.0992. The standard InChI is InChI=1S/C15H20N2O2/c1-2-3-4-9-15(18)19-11-10-17-12-16-13-7-5-6-8-14(13)17/h5-8,12H,2-4,9-11H2,1H3. The number of benzene rings is 1. The summed E-state index contributed by atoms with van der Waals surface area (Å²) in [6, 6.07) is 7.94. The first-order valence-corrected chi connectivity index (χ1v) is 6.86. The maximum atomic E-state index is 11.5. The molecule has 4 nitrogen and oxygen atoms in total. The number of unbranched alkanes of at least 4 members (excludes halogenated alkanes) is 2. The average molecular weight is 260 g/mol. The number of nitrogens with zero attached hydrogens (tertiary/aromatic N) is 2. The van der Waals surface area contributed by atoms with Crippen LogP contribution in [0.2, 0.25) is 0 Å². The lowest BCUT2D eigenvalue weighted by molar-refractivity contribution is -0.144. The molecule has 0 radical (unpaired) electrons. The van der Waals surface area contributed by atoms with Crippen molar-refractivity contribution < 1.29 is 9.53 Å². The van der Waals surface area contributed by atoms with E-state index in [1.807, 2.05) is 28.8 Å². The number of hydrogen-bond donors (Lipinski definition) is 0. The van der Waals surface area contributed by atoms with Gasteiger partial charge < -0.3 is 9.30 Å². The van der Waals surface area contributed by atoms with Gasteiger partial charge in [0.25, 0.3) is 0 Å². The molecule has 0 unspecified atom stereocenters. The summed E-state index contributed by atoms with van der Waals surface area (Å²) in [6.07, 6.45) is 5.44. The normalized spacial score (nSPS) is 10.8. The van der Waals surface area contributed by atoms with Crippen LogP contribution >= 0.6 is 0 Å². The lowest BCUT2D eigenvalue weighted by atomic mass is 10.2. The van der Waals surface area contributed by atoms with Crippen LogP contribution in [0.3, 0.4) is 0 Å². The number of hydrogen-bond acceptors (Lipinski definition) is 3. The summed E-state index contributed by atoms with van der Waals surface area (Å²) in [4.78, 5) is 15.8. The highest BCUT2D eigenvalue weighted by molar-refractivity contribution is 5.74. The molecule has 0 amide bonds. The Balaban J connectivity index is 1.78. The molecule has 0 fully saturated rings. The Morgan fingerprint density at radius 2 is 2.16 bits per heavy atom. The molecule has 1 aromatic carbocycles. The van der Waals surface area contributed by atoms with Gasteiger partial charge in [-0.15, -0.1) is 0 Å². The molecule has 0 saturated carbocycles. The van der Waals surface area contributed by atoms with Gasteiger partial charge in [0.05, 0.1) is 23.9 Å². The van der Waals surface area contributed by atoms with Crippen molar-refractivity contribution in [2.24, 2.45) is 0 Å². The van der Waals surface area contributed by atoms with Crippen molar-refractivity contribution in [1.82, 2.24) is 9.55 Å².